The number of nitrogens with zero attached hydrogens (tertiary/aromatic N) is 6. The predicted molar refractivity (Wildman–Crippen MR) is 308 cm³/mol. The first-order valence-electron chi connectivity index (χ1n) is 25.1. The van der Waals surface area contributed by atoms with E-state index in [4.69, 9.17) is 9.97 Å². The van der Waals surface area contributed by atoms with Crippen LogP contribution in [0.2, 0.25) is 0 Å². The summed E-state index contributed by atoms with van der Waals surface area (Å²) in [4.78, 5) is 15.3. The van der Waals surface area contributed by atoms with Crippen molar-refractivity contribution >= 4 is 88.8 Å². The van der Waals surface area contributed by atoms with Gasteiger partial charge in [-0.25, -0.2) is 9.97 Å². The maximum absolute atomic E-state index is 5.33. The van der Waals surface area contributed by atoms with Crippen molar-refractivity contribution < 1.29 is 0 Å². The molecule has 0 saturated heterocycles. The normalized spacial score (nSPS) is 11.5. The molecule has 348 valence electrons. The van der Waals surface area contributed by atoms with Crippen molar-refractivity contribution in [1.29, 1.82) is 0 Å². The molecule has 6 nitrogen and oxygen atoms in total. The molecule has 0 atom stereocenters. The Morgan fingerprint density at radius 1 is 0.243 bits per heavy atom. The molecule has 3 heterocycles. The van der Waals surface area contributed by atoms with Crippen molar-refractivity contribution in [1.82, 2.24) is 19.1 Å². The first-order valence-corrected chi connectivity index (χ1v) is 25.1. The van der Waals surface area contributed by atoms with E-state index in [9.17, 15) is 0 Å². The topological polar surface area (TPSA) is 42.1 Å². The third kappa shape index (κ3) is 7.35. The number of hydrogen-bond donors (Lipinski definition) is 0. The number of rotatable bonds is 10. The van der Waals surface area contributed by atoms with E-state index in [1.807, 2.05) is 24.3 Å². The zero-order valence-corrected chi connectivity index (χ0v) is 40.2. The van der Waals surface area contributed by atoms with Gasteiger partial charge in [0.25, 0.3) is 0 Å². The summed E-state index contributed by atoms with van der Waals surface area (Å²) in [5, 5.41) is 4.77. The Bertz CT molecular complexity index is 3980. The fourth-order valence-corrected chi connectivity index (χ4v) is 10.9. The summed E-state index contributed by atoms with van der Waals surface area (Å²) in [6.07, 6.45) is 0. The van der Waals surface area contributed by atoms with Crippen LogP contribution >= 0.6 is 0 Å². The first kappa shape index (κ1) is 42.8. The summed E-state index contributed by atoms with van der Waals surface area (Å²) in [6, 6.07) is 99.1. The molecule has 0 unspecified atom stereocenters. The summed E-state index contributed by atoms with van der Waals surface area (Å²) >= 11 is 0. The maximum Gasteiger partial charge on any atom is 0.0973 e. The molecule has 0 aliphatic carbocycles. The molecule has 6 heteroatoms. The molecule has 0 saturated carbocycles. The van der Waals surface area contributed by atoms with E-state index in [2.05, 4.69) is 274 Å². The maximum atomic E-state index is 5.33. The highest BCUT2D eigenvalue weighted by Gasteiger charge is 2.21. The van der Waals surface area contributed by atoms with Gasteiger partial charge in [-0.1, -0.05) is 146 Å². The lowest BCUT2D eigenvalue weighted by atomic mass is 10.0. The third-order valence-electron chi connectivity index (χ3n) is 14.3. The van der Waals surface area contributed by atoms with E-state index < -0.39 is 0 Å². The van der Waals surface area contributed by atoms with E-state index in [1.54, 1.807) is 0 Å². The predicted octanol–water partition coefficient (Wildman–Crippen LogP) is 18.1. The van der Waals surface area contributed by atoms with Crippen LogP contribution in [-0.4, -0.2) is 19.1 Å². The van der Waals surface area contributed by atoms with Gasteiger partial charge in [-0.15, -0.1) is 0 Å². The molecule has 0 aliphatic rings. The Balaban J connectivity index is 0.841. The van der Waals surface area contributed by atoms with Gasteiger partial charge < -0.3 is 18.9 Å². The lowest BCUT2D eigenvalue weighted by molar-refractivity contribution is 1.17. The molecule has 0 bridgehead atoms. The van der Waals surface area contributed by atoms with Gasteiger partial charge in [-0.3, -0.25) is 0 Å². The van der Waals surface area contributed by atoms with Gasteiger partial charge in [0.05, 0.1) is 44.5 Å². The number of aromatic nitrogens is 4. The minimum absolute atomic E-state index is 0.836. The van der Waals surface area contributed by atoms with Gasteiger partial charge in [0.15, 0.2) is 0 Å². The van der Waals surface area contributed by atoms with E-state index >= 15 is 0 Å². The quantitative estimate of drug-likeness (QED) is 0.137. The number of anilines is 6. The number of para-hydroxylation sites is 8. The molecule has 0 radical (unpaired) electrons. The van der Waals surface area contributed by atoms with Crippen LogP contribution in [0.3, 0.4) is 0 Å². The van der Waals surface area contributed by atoms with Crippen molar-refractivity contribution in [2.45, 2.75) is 0 Å². The lowest BCUT2D eigenvalue weighted by Crippen LogP contribution is -2.09. The molecule has 14 rings (SSSR count). The number of hydrogen-bond acceptors (Lipinski definition) is 4. The van der Waals surface area contributed by atoms with Crippen molar-refractivity contribution in [2.75, 3.05) is 9.80 Å². The number of benzene rings is 11. The van der Waals surface area contributed by atoms with Gasteiger partial charge in [0, 0.05) is 78.2 Å². The second-order valence-corrected chi connectivity index (χ2v) is 18.6. The van der Waals surface area contributed by atoms with Crippen LogP contribution in [0.25, 0.3) is 88.5 Å². The Morgan fingerprint density at radius 2 is 0.554 bits per heavy atom. The van der Waals surface area contributed by atoms with Crippen molar-refractivity contribution in [3.63, 3.8) is 0 Å². The first-order chi connectivity index (χ1) is 36.7. The van der Waals surface area contributed by atoms with Gasteiger partial charge in [-0.2, -0.15) is 0 Å². The molecule has 11 aromatic carbocycles. The Morgan fingerprint density at radius 3 is 0.919 bits per heavy atom. The largest absolute Gasteiger partial charge is 0.310 e. The summed E-state index contributed by atoms with van der Waals surface area (Å²) in [7, 11) is 0. The summed E-state index contributed by atoms with van der Waals surface area (Å²) in [5.74, 6) is 0. The van der Waals surface area contributed by atoms with Gasteiger partial charge in [-0.05, 0) is 133 Å². The van der Waals surface area contributed by atoms with Crippen LogP contribution in [0.15, 0.2) is 279 Å². The minimum atomic E-state index is 0.836. The molecule has 0 amide bonds. The average molecular weight is 947 g/mol. The van der Waals surface area contributed by atoms with Crippen LogP contribution < -0.4 is 9.80 Å². The molecule has 14 aromatic rings. The van der Waals surface area contributed by atoms with E-state index in [0.29, 0.717) is 0 Å². The van der Waals surface area contributed by atoms with Crippen LogP contribution in [0.5, 0.6) is 0 Å². The van der Waals surface area contributed by atoms with Crippen LogP contribution in [0.1, 0.15) is 0 Å². The fraction of sp³-hybridized carbons (Fsp3) is 0. The minimum Gasteiger partial charge on any atom is -0.310 e. The zero-order chi connectivity index (χ0) is 49.0. The molecule has 0 N–H and O–H groups in total. The van der Waals surface area contributed by atoms with Crippen molar-refractivity contribution in [2.24, 2.45) is 0 Å². The van der Waals surface area contributed by atoms with Crippen LogP contribution in [0.4, 0.5) is 34.1 Å². The Labute approximate surface area is 428 Å². The summed E-state index contributed by atoms with van der Waals surface area (Å²) in [6.45, 7) is 0. The molecule has 74 heavy (non-hydrogen) atoms. The average Bonchev–Trinajstić information content (AvgIpc) is 3.99. The Hall–Kier alpha value is -10.0. The SMILES string of the molecule is c1ccc(N(c2ccccc2)c2ccc3c(c2)c2ccccc2n3-c2ccc(-c3nc4ccccc4nc3-c3ccc(-n4c5ccccc5c5cc(N(c6ccccc6)c6ccccc6)ccc54)cc3)cc2)cc1. The molecule has 3 aromatic heterocycles. The van der Waals surface area contributed by atoms with E-state index in [-0.39, 0.29) is 0 Å². The van der Waals surface area contributed by atoms with Gasteiger partial charge in [0.1, 0.15) is 0 Å². The second kappa shape index (κ2) is 18.0. The molecule has 0 aliphatic heterocycles. The molecule has 0 spiro atoms. The monoisotopic (exact) mass is 946 g/mol. The van der Waals surface area contributed by atoms with Crippen molar-refractivity contribution in [3.05, 3.63) is 279 Å². The lowest BCUT2D eigenvalue weighted by Gasteiger charge is -2.25. The molecular weight excluding hydrogens is 901 g/mol. The van der Waals surface area contributed by atoms with E-state index in [0.717, 1.165) is 101 Å². The molecule has 0 fully saturated rings. The summed E-state index contributed by atoms with van der Waals surface area (Å²) < 4.78 is 4.74. The number of fused-ring (bicyclic) bond motifs is 7. The van der Waals surface area contributed by atoms with Crippen molar-refractivity contribution in [3.8, 4) is 33.9 Å². The second-order valence-electron chi connectivity index (χ2n) is 18.6. The smallest absolute Gasteiger partial charge is 0.0973 e. The molecular formula is C68H46N6. The standard InChI is InChI=1S/C68H46N6/c1-5-19-49(20-6-1)71(50-21-7-2-8-22-50)55-41-43-65-59(45-55)57-27-13-17-31-63(57)73(65)53-37-33-47(34-38-53)67-68(70-62-30-16-15-29-61(62)69-67)48-35-39-54(40-36-48)74-64-32-18-14-28-58(64)60-46-56(42-44-66(60)74)72(51-23-9-3-10-24-51)52-25-11-4-12-26-52/h1-46H. The summed E-state index contributed by atoms with van der Waals surface area (Å²) in [5.41, 5.74) is 18.7. The highest BCUT2D eigenvalue weighted by atomic mass is 15.1. The highest BCUT2D eigenvalue weighted by molar-refractivity contribution is 6.12. The van der Waals surface area contributed by atoms with Gasteiger partial charge >= 0.3 is 0 Å². The zero-order valence-electron chi connectivity index (χ0n) is 40.2. The van der Waals surface area contributed by atoms with Gasteiger partial charge in [0.2, 0.25) is 0 Å². The van der Waals surface area contributed by atoms with Crippen LogP contribution in [0, 0.1) is 0 Å². The van der Waals surface area contributed by atoms with Crippen LogP contribution in [-0.2, 0) is 0 Å². The van der Waals surface area contributed by atoms with E-state index in [1.165, 1.54) is 21.5 Å². The Kier molecular flexibility index (Phi) is 10.4. The third-order valence-corrected chi connectivity index (χ3v) is 14.3. The fourth-order valence-electron chi connectivity index (χ4n) is 10.9. The highest BCUT2D eigenvalue weighted by Crippen LogP contribution is 2.42.